The van der Waals surface area contributed by atoms with Crippen LogP contribution in [0.25, 0.3) is 22.8 Å². The first kappa shape index (κ1) is 17.4. The summed E-state index contributed by atoms with van der Waals surface area (Å²) in [7, 11) is 0. The van der Waals surface area contributed by atoms with Gasteiger partial charge in [0.2, 0.25) is 5.69 Å². The highest BCUT2D eigenvalue weighted by atomic mass is 15.3. The molecule has 4 aromatic rings. The number of hydrogen-bond acceptors (Lipinski definition) is 3. The van der Waals surface area contributed by atoms with Crippen LogP contribution in [0.5, 0.6) is 0 Å². The van der Waals surface area contributed by atoms with E-state index in [1.807, 2.05) is 30.0 Å². The normalized spacial score (nSPS) is 13.1. The van der Waals surface area contributed by atoms with E-state index in [-0.39, 0.29) is 0 Å². The fourth-order valence-corrected chi connectivity index (χ4v) is 3.40. The summed E-state index contributed by atoms with van der Waals surface area (Å²) in [6.45, 7) is 2.42. The minimum absolute atomic E-state index is 0.582. The van der Waals surface area contributed by atoms with E-state index < -0.39 is 0 Å². The van der Waals surface area contributed by atoms with Gasteiger partial charge in [-0.2, -0.15) is 4.57 Å². The van der Waals surface area contributed by atoms with Crippen molar-refractivity contribution in [2.45, 2.75) is 32.2 Å². The first-order valence-electron chi connectivity index (χ1n) is 9.75. The summed E-state index contributed by atoms with van der Waals surface area (Å²) in [5.74, 6) is 7.46. The molecule has 3 heterocycles. The smallest absolute Gasteiger partial charge is 0.211 e. The predicted octanol–water partition coefficient (Wildman–Crippen LogP) is 3.31. The molecule has 0 amide bonds. The van der Waals surface area contributed by atoms with Crippen molar-refractivity contribution in [2.24, 2.45) is 0 Å². The molecule has 3 aromatic heterocycles. The zero-order chi connectivity index (χ0) is 19.6. The number of benzene rings is 1. The maximum Gasteiger partial charge on any atom is 0.211 e. The average Bonchev–Trinajstić information content (AvgIpc) is 3.31. The van der Waals surface area contributed by atoms with Crippen LogP contribution in [0.15, 0.2) is 67.6 Å². The van der Waals surface area contributed by atoms with Crippen LogP contribution in [0, 0.1) is 11.8 Å². The summed E-state index contributed by atoms with van der Waals surface area (Å²) >= 11 is 0. The maximum absolute atomic E-state index is 4.54. The molecule has 1 aromatic carbocycles. The van der Waals surface area contributed by atoms with E-state index >= 15 is 0 Å². The quantitative estimate of drug-likeness (QED) is 0.394. The summed E-state index contributed by atoms with van der Waals surface area (Å²) in [5, 5.41) is 8.32. The lowest BCUT2D eigenvalue weighted by Crippen LogP contribution is -2.29. The number of nitrogens with zero attached hydrogens (tertiary/aromatic N) is 6. The summed E-state index contributed by atoms with van der Waals surface area (Å²) in [4.78, 5) is 4.54. The molecule has 5 rings (SSSR count). The van der Waals surface area contributed by atoms with E-state index in [1.165, 1.54) is 18.5 Å². The maximum atomic E-state index is 4.54. The number of rotatable bonds is 5. The summed E-state index contributed by atoms with van der Waals surface area (Å²) in [6, 6.07) is 12.5. The van der Waals surface area contributed by atoms with Gasteiger partial charge in [-0.05, 0) is 19.8 Å². The van der Waals surface area contributed by atoms with Gasteiger partial charge in [-0.25, -0.2) is 4.98 Å². The molecular weight excluding hydrogens is 360 g/mol. The van der Waals surface area contributed by atoms with Crippen molar-refractivity contribution in [1.29, 1.82) is 0 Å². The van der Waals surface area contributed by atoms with Crippen LogP contribution in [0.4, 0.5) is 0 Å². The van der Waals surface area contributed by atoms with Crippen molar-refractivity contribution >= 4 is 0 Å². The molecule has 142 valence electrons. The molecule has 6 nitrogen and oxygen atoms in total. The standard InChI is InChI=1S/C23H21N6/c1-2-3-11-28-17-25-26-23(28)19-5-4-6-21(14-19)27-12-9-20(10-13-27)29-15-22(24-16-29)18-7-8-18/h4-6,9-10,12-18H,7-8,11H2,1H3/q+1. The van der Waals surface area contributed by atoms with Crippen LogP contribution >= 0.6 is 0 Å². The molecule has 0 spiro atoms. The zero-order valence-corrected chi connectivity index (χ0v) is 16.2. The van der Waals surface area contributed by atoms with Crippen molar-refractivity contribution in [2.75, 3.05) is 0 Å². The SMILES string of the molecule is CC#CCn1cnnc1-c1cccc(-[n+]2ccc(-n3cnc(C4CC4)c3)cc2)c1. The highest BCUT2D eigenvalue weighted by Crippen LogP contribution is 2.39. The van der Waals surface area contributed by atoms with E-state index in [4.69, 9.17) is 0 Å². The molecule has 1 aliphatic carbocycles. The van der Waals surface area contributed by atoms with Crippen LogP contribution in [0.1, 0.15) is 31.4 Å². The van der Waals surface area contributed by atoms with Crippen LogP contribution < -0.4 is 4.57 Å². The van der Waals surface area contributed by atoms with Gasteiger partial charge in [-0.15, -0.1) is 16.1 Å². The third-order valence-corrected chi connectivity index (χ3v) is 5.15. The van der Waals surface area contributed by atoms with Crippen LogP contribution in [-0.4, -0.2) is 24.3 Å². The van der Waals surface area contributed by atoms with Gasteiger partial charge >= 0.3 is 0 Å². The van der Waals surface area contributed by atoms with Crippen molar-refractivity contribution in [3.63, 3.8) is 0 Å². The second kappa shape index (κ2) is 7.36. The van der Waals surface area contributed by atoms with E-state index in [2.05, 4.69) is 79.0 Å². The molecule has 0 aliphatic heterocycles. The second-order valence-electron chi connectivity index (χ2n) is 7.20. The first-order valence-corrected chi connectivity index (χ1v) is 9.75. The molecule has 0 atom stereocenters. The Morgan fingerprint density at radius 1 is 1.14 bits per heavy atom. The minimum atomic E-state index is 0.582. The molecule has 1 aliphatic rings. The fraction of sp³-hybridized carbons (Fsp3) is 0.217. The van der Waals surface area contributed by atoms with Crippen molar-refractivity contribution in [3.8, 4) is 34.6 Å². The predicted molar refractivity (Wildman–Crippen MR) is 110 cm³/mol. The van der Waals surface area contributed by atoms with Crippen LogP contribution in [0.2, 0.25) is 0 Å². The van der Waals surface area contributed by atoms with E-state index in [0.29, 0.717) is 12.5 Å². The largest absolute Gasteiger partial charge is 0.306 e. The van der Waals surface area contributed by atoms with Gasteiger partial charge in [0.05, 0.1) is 24.3 Å². The Balaban J connectivity index is 1.41. The highest BCUT2D eigenvalue weighted by Gasteiger charge is 2.25. The summed E-state index contributed by atoms with van der Waals surface area (Å²) < 4.78 is 6.14. The Bertz CT molecular complexity index is 1200. The topological polar surface area (TPSA) is 52.4 Å². The second-order valence-corrected chi connectivity index (χ2v) is 7.20. The highest BCUT2D eigenvalue weighted by molar-refractivity contribution is 5.57. The molecule has 0 N–H and O–H groups in total. The molecule has 0 radical (unpaired) electrons. The summed E-state index contributed by atoms with van der Waals surface area (Å²) in [6.07, 6.45) is 12.4. The molecule has 0 saturated heterocycles. The lowest BCUT2D eigenvalue weighted by Gasteiger charge is -2.04. The number of imidazole rings is 1. The molecule has 1 saturated carbocycles. The number of pyridine rings is 1. The molecule has 0 bridgehead atoms. The van der Waals surface area contributed by atoms with Gasteiger partial charge in [0.1, 0.15) is 6.33 Å². The van der Waals surface area contributed by atoms with Gasteiger partial charge in [0.25, 0.3) is 0 Å². The molecule has 0 unspecified atom stereocenters. The molecule has 1 fully saturated rings. The van der Waals surface area contributed by atoms with E-state index in [9.17, 15) is 0 Å². The molecule has 6 heteroatoms. The van der Waals surface area contributed by atoms with E-state index in [0.717, 1.165) is 22.8 Å². The third-order valence-electron chi connectivity index (χ3n) is 5.15. The lowest BCUT2D eigenvalue weighted by atomic mass is 10.2. The zero-order valence-electron chi connectivity index (χ0n) is 16.2. The molecular formula is C23H21N6+. The van der Waals surface area contributed by atoms with Crippen molar-refractivity contribution in [3.05, 3.63) is 73.3 Å². The molecule has 29 heavy (non-hydrogen) atoms. The fourth-order valence-electron chi connectivity index (χ4n) is 3.40. The third kappa shape index (κ3) is 3.55. The van der Waals surface area contributed by atoms with Crippen molar-refractivity contribution in [1.82, 2.24) is 24.3 Å². The Morgan fingerprint density at radius 3 is 2.79 bits per heavy atom. The van der Waals surface area contributed by atoms with Crippen molar-refractivity contribution < 1.29 is 4.57 Å². The van der Waals surface area contributed by atoms with Gasteiger partial charge in [0, 0.05) is 41.9 Å². The van der Waals surface area contributed by atoms with Gasteiger partial charge in [-0.1, -0.05) is 18.1 Å². The van der Waals surface area contributed by atoms with Crippen LogP contribution in [0.3, 0.4) is 0 Å². The Labute approximate surface area is 169 Å². The summed E-state index contributed by atoms with van der Waals surface area (Å²) in [5.41, 5.74) is 4.38. The Morgan fingerprint density at radius 2 is 2.00 bits per heavy atom. The average molecular weight is 381 g/mol. The Hall–Kier alpha value is -3.72. The Kier molecular flexibility index (Phi) is 4.41. The van der Waals surface area contributed by atoms with Crippen LogP contribution in [-0.2, 0) is 6.54 Å². The lowest BCUT2D eigenvalue weighted by molar-refractivity contribution is -0.595. The van der Waals surface area contributed by atoms with Gasteiger partial charge in [0.15, 0.2) is 18.2 Å². The van der Waals surface area contributed by atoms with E-state index in [1.54, 1.807) is 6.33 Å². The minimum Gasteiger partial charge on any atom is -0.306 e. The monoisotopic (exact) mass is 381 g/mol. The van der Waals surface area contributed by atoms with Gasteiger partial charge in [-0.3, -0.25) is 0 Å². The first-order chi connectivity index (χ1) is 14.3. The number of hydrogen-bond donors (Lipinski definition) is 0. The number of aromatic nitrogens is 6. The van der Waals surface area contributed by atoms with Gasteiger partial charge < -0.3 is 9.13 Å².